The molecule has 9 rings (SSSR count). The van der Waals surface area contributed by atoms with Gasteiger partial charge in [0, 0.05) is 11.1 Å². The molecule has 1 nitrogen and oxygen atoms in total. The molecule has 0 aliphatic rings. The summed E-state index contributed by atoms with van der Waals surface area (Å²) in [4.78, 5) is 0. The van der Waals surface area contributed by atoms with Crippen molar-refractivity contribution in [2.75, 3.05) is 0 Å². The summed E-state index contributed by atoms with van der Waals surface area (Å²) in [6.45, 7) is 10.4. The van der Waals surface area contributed by atoms with Gasteiger partial charge in [0.15, 0.2) is 46.5 Å². The van der Waals surface area contributed by atoms with Crippen molar-refractivity contribution in [3.63, 3.8) is 0 Å². The van der Waals surface area contributed by atoms with E-state index in [9.17, 15) is 35.1 Å². The van der Waals surface area contributed by atoms with Crippen molar-refractivity contribution in [1.29, 1.82) is 0 Å². The number of benzene rings is 9. The van der Waals surface area contributed by atoms with Gasteiger partial charge in [-0.15, -0.1) is 0 Å². The Kier molecular flexibility index (Phi) is 16.9. The number of halogens is 8. The average Bonchev–Trinajstić information content (AvgIpc) is 3.39. The lowest BCUT2D eigenvalue weighted by atomic mass is 9.98. The molecular formula is C63H52F8O. The lowest BCUT2D eigenvalue weighted by molar-refractivity contribution is 0.284. The Bertz CT molecular complexity index is 3070. The second-order valence-corrected chi connectivity index (χ2v) is 17.8. The summed E-state index contributed by atoms with van der Waals surface area (Å²) in [5, 5.41) is 0. The smallest absolute Gasteiger partial charge is 0.200 e. The zero-order valence-corrected chi connectivity index (χ0v) is 40.7. The molecule has 0 saturated heterocycles. The summed E-state index contributed by atoms with van der Waals surface area (Å²) < 4.78 is 116. The lowest BCUT2D eigenvalue weighted by Crippen LogP contribution is -2.00. The second-order valence-electron chi connectivity index (χ2n) is 17.8. The molecule has 9 heteroatoms. The predicted molar refractivity (Wildman–Crippen MR) is 274 cm³/mol. The summed E-state index contributed by atoms with van der Waals surface area (Å²) in [6, 6.07) is 51.3. The summed E-state index contributed by atoms with van der Waals surface area (Å²) in [7, 11) is 0. The third-order valence-electron chi connectivity index (χ3n) is 12.4. The van der Waals surface area contributed by atoms with Gasteiger partial charge in [0.2, 0.25) is 5.82 Å². The lowest BCUT2D eigenvalue weighted by Gasteiger charge is -2.09. The number of aryl methyl sites for hydroxylation is 8. The zero-order chi connectivity index (χ0) is 51.6. The van der Waals surface area contributed by atoms with Gasteiger partial charge in [0.1, 0.15) is 6.61 Å². The van der Waals surface area contributed by atoms with E-state index in [2.05, 4.69) is 86.6 Å². The van der Waals surface area contributed by atoms with Crippen LogP contribution < -0.4 is 4.74 Å². The maximum Gasteiger partial charge on any atom is 0.200 e. The van der Waals surface area contributed by atoms with E-state index in [0.717, 1.165) is 27.8 Å². The molecule has 0 aliphatic heterocycles. The maximum absolute atomic E-state index is 14.0. The third kappa shape index (κ3) is 12.6. The summed E-state index contributed by atoms with van der Waals surface area (Å²) in [5.74, 6) is -6.93. The summed E-state index contributed by atoms with van der Waals surface area (Å²) >= 11 is 0. The van der Waals surface area contributed by atoms with Crippen LogP contribution in [0.4, 0.5) is 35.1 Å². The normalized spacial score (nSPS) is 10.8. The molecule has 0 N–H and O–H groups in total. The molecular weight excluding hydrogens is 925 g/mol. The second kappa shape index (κ2) is 23.4. The van der Waals surface area contributed by atoms with Crippen LogP contribution in [-0.2, 0) is 19.4 Å². The standard InChI is InChI=1S/C22H20F2.C21H18F2O.C20H14F4/c1-15-3-9-18(10-4-15)19-12-6-17(7-13-19)8-14-20-11-5-16(2)21(23)22(20)24;1-14-3-8-17(9-4-14)18-10-6-16(7-11-18)13-24-19-12-5-15(2)20(22)21(19)23;1-11-3-9-15(19(23)17(11)21)13-5-7-14(8-6-13)16-10-4-12(2)18(22)20(16)24/h3-7,9-13H,8,14H2,1-2H3;3-12H,13H2,1-2H3;3-10H,1-2H3. The zero-order valence-electron chi connectivity index (χ0n) is 40.7. The average molecular weight is 977 g/mol. The van der Waals surface area contributed by atoms with E-state index in [0.29, 0.717) is 35.1 Å². The topological polar surface area (TPSA) is 9.23 Å². The molecule has 0 aromatic heterocycles. The highest BCUT2D eigenvalue weighted by Crippen LogP contribution is 2.32. The fraction of sp³-hybridized carbons (Fsp3) is 0.143. The van der Waals surface area contributed by atoms with Crippen LogP contribution in [0.25, 0.3) is 44.5 Å². The minimum atomic E-state index is -0.939. The van der Waals surface area contributed by atoms with E-state index in [4.69, 9.17) is 4.74 Å². The van der Waals surface area contributed by atoms with Crippen LogP contribution in [0.1, 0.15) is 50.1 Å². The molecule has 0 bridgehead atoms. The van der Waals surface area contributed by atoms with Gasteiger partial charge in [-0.25, -0.2) is 30.7 Å². The Morgan fingerprint density at radius 2 is 0.611 bits per heavy atom. The first-order valence-corrected chi connectivity index (χ1v) is 23.3. The first kappa shape index (κ1) is 52.1. The maximum atomic E-state index is 14.0. The SMILES string of the molecule is Cc1ccc(-c2ccc(-c3ccc(C)c(F)c3F)cc2)c(F)c1F.Cc1ccc(-c2ccc(CCc3ccc(C)c(F)c3F)cc2)cc1.Cc1ccc(-c2ccc(COc3ccc(C)c(F)c3F)cc2)cc1. The van der Waals surface area contributed by atoms with Gasteiger partial charge in [-0.2, -0.15) is 4.39 Å². The molecule has 9 aromatic carbocycles. The van der Waals surface area contributed by atoms with Crippen LogP contribution in [0, 0.1) is 88.1 Å². The molecule has 366 valence electrons. The van der Waals surface area contributed by atoms with Crippen LogP contribution in [-0.4, -0.2) is 0 Å². The Morgan fingerprint density at radius 1 is 0.278 bits per heavy atom. The van der Waals surface area contributed by atoms with Crippen molar-refractivity contribution >= 4 is 0 Å². The first-order chi connectivity index (χ1) is 34.5. The van der Waals surface area contributed by atoms with Crippen LogP contribution in [0.3, 0.4) is 0 Å². The van der Waals surface area contributed by atoms with Gasteiger partial charge in [-0.05, 0) is 133 Å². The predicted octanol–water partition coefficient (Wildman–Crippen LogP) is 18.1. The van der Waals surface area contributed by atoms with Crippen molar-refractivity contribution in [2.45, 2.75) is 61.0 Å². The van der Waals surface area contributed by atoms with Crippen molar-refractivity contribution in [3.8, 4) is 50.3 Å². The first-order valence-electron chi connectivity index (χ1n) is 23.3. The fourth-order valence-corrected chi connectivity index (χ4v) is 7.78. The molecule has 72 heavy (non-hydrogen) atoms. The minimum Gasteiger partial charge on any atom is -0.486 e. The van der Waals surface area contributed by atoms with Crippen molar-refractivity contribution < 1.29 is 39.9 Å². The molecule has 0 fully saturated rings. The number of ether oxygens (including phenoxy) is 1. The Labute approximate surface area is 416 Å². The van der Waals surface area contributed by atoms with Crippen LogP contribution >= 0.6 is 0 Å². The monoisotopic (exact) mass is 976 g/mol. The third-order valence-corrected chi connectivity index (χ3v) is 12.4. The van der Waals surface area contributed by atoms with E-state index in [1.165, 1.54) is 73.9 Å². The Morgan fingerprint density at radius 3 is 1.04 bits per heavy atom. The van der Waals surface area contributed by atoms with Crippen molar-refractivity contribution in [1.82, 2.24) is 0 Å². The Balaban J connectivity index is 0.000000158. The fourth-order valence-electron chi connectivity index (χ4n) is 7.78. The summed E-state index contributed by atoms with van der Waals surface area (Å²) in [6.07, 6.45) is 1.18. The highest BCUT2D eigenvalue weighted by Gasteiger charge is 2.16. The van der Waals surface area contributed by atoms with Crippen LogP contribution in [0.15, 0.2) is 170 Å². The van der Waals surface area contributed by atoms with Crippen molar-refractivity contribution in [3.05, 3.63) is 266 Å². The highest BCUT2D eigenvalue weighted by atomic mass is 19.2. The molecule has 0 spiro atoms. The Hall–Kier alpha value is -7.78. The van der Waals surface area contributed by atoms with E-state index < -0.39 is 46.5 Å². The highest BCUT2D eigenvalue weighted by molar-refractivity contribution is 5.72. The summed E-state index contributed by atoms with van der Waals surface area (Å²) in [5.41, 5.74) is 11.7. The molecule has 0 amide bonds. The van der Waals surface area contributed by atoms with Gasteiger partial charge < -0.3 is 4.74 Å². The quantitative estimate of drug-likeness (QED) is 0.124. The van der Waals surface area contributed by atoms with Gasteiger partial charge in [-0.3, -0.25) is 0 Å². The van der Waals surface area contributed by atoms with E-state index in [1.807, 2.05) is 24.3 Å². The molecule has 0 atom stereocenters. The number of hydrogen-bond acceptors (Lipinski definition) is 1. The minimum absolute atomic E-state index is 0.0688. The molecule has 0 radical (unpaired) electrons. The molecule has 0 unspecified atom stereocenters. The van der Waals surface area contributed by atoms with Gasteiger partial charge in [0.05, 0.1) is 0 Å². The molecule has 9 aromatic rings. The van der Waals surface area contributed by atoms with Gasteiger partial charge in [-0.1, -0.05) is 175 Å². The molecule has 0 saturated carbocycles. The van der Waals surface area contributed by atoms with E-state index in [1.54, 1.807) is 43.3 Å². The van der Waals surface area contributed by atoms with Crippen LogP contribution in [0.5, 0.6) is 5.75 Å². The number of rotatable bonds is 10. The largest absolute Gasteiger partial charge is 0.486 e. The molecule has 0 aliphatic carbocycles. The van der Waals surface area contributed by atoms with Crippen LogP contribution in [0.2, 0.25) is 0 Å². The van der Waals surface area contributed by atoms with Crippen molar-refractivity contribution in [2.24, 2.45) is 0 Å². The van der Waals surface area contributed by atoms with E-state index >= 15 is 0 Å². The van der Waals surface area contributed by atoms with E-state index in [-0.39, 0.29) is 40.2 Å². The number of hydrogen-bond donors (Lipinski definition) is 0. The van der Waals surface area contributed by atoms with Gasteiger partial charge >= 0.3 is 0 Å². The molecule has 0 heterocycles. The van der Waals surface area contributed by atoms with Gasteiger partial charge in [0.25, 0.3) is 0 Å².